The normalized spacial score (nSPS) is 10.7. The zero-order valence-electron chi connectivity index (χ0n) is 13.2. The van der Waals surface area contributed by atoms with E-state index in [4.69, 9.17) is 4.74 Å². The van der Waals surface area contributed by atoms with Gasteiger partial charge in [-0.2, -0.15) is 0 Å². The van der Waals surface area contributed by atoms with Gasteiger partial charge in [0.15, 0.2) is 5.82 Å². The van der Waals surface area contributed by atoms with Crippen molar-refractivity contribution >= 4 is 5.82 Å². The maximum absolute atomic E-state index is 5.65. The van der Waals surface area contributed by atoms with E-state index in [2.05, 4.69) is 22.2 Å². The number of benzene rings is 1. The summed E-state index contributed by atoms with van der Waals surface area (Å²) in [6, 6.07) is 9.88. The highest BCUT2D eigenvalue weighted by Crippen LogP contribution is 2.21. The van der Waals surface area contributed by atoms with Gasteiger partial charge in [0, 0.05) is 23.9 Å². The minimum absolute atomic E-state index is 0.177. The maximum atomic E-state index is 5.65. The number of hydrogen-bond donors (Lipinski definition) is 1. The third-order valence-corrected chi connectivity index (χ3v) is 2.89. The molecule has 0 atom stereocenters. The molecule has 0 unspecified atom stereocenters. The highest BCUT2D eigenvalue weighted by Gasteiger charge is 2.06. The average Bonchev–Trinajstić information content (AvgIpc) is 2.44. The van der Waals surface area contributed by atoms with Crippen molar-refractivity contribution in [3.63, 3.8) is 0 Å². The molecule has 0 saturated carbocycles. The highest BCUT2D eigenvalue weighted by molar-refractivity contribution is 5.58. The zero-order valence-corrected chi connectivity index (χ0v) is 13.2. The van der Waals surface area contributed by atoms with Crippen molar-refractivity contribution in [2.24, 2.45) is 0 Å². The first-order valence-electron chi connectivity index (χ1n) is 7.45. The van der Waals surface area contributed by atoms with Gasteiger partial charge in [-0.15, -0.1) is 0 Å². The fourth-order valence-corrected chi connectivity index (χ4v) is 2.00. The minimum Gasteiger partial charge on any atom is -0.491 e. The molecule has 1 heterocycles. The van der Waals surface area contributed by atoms with Crippen LogP contribution in [-0.2, 0) is 0 Å². The van der Waals surface area contributed by atoms with Crippen LogP contribution in [0.25, 0.3) is 11.4 Å². The third kappa shape index (κ3) is 4.45. The van der Waals surface area contributed by atoms with Crippen molar-refractivity contribution in [3.8, 4) is 17.1 Å². The van der Waals surface area contributed by atoms with Crippen LogP contribution in [0.4, 0.5) is 5.82 Å². The number of anilines is 1. The zero-order chi connectivity index (χ0) is 15.2. The third-order valence-electron chi connectivity index (χ3n) is 2.89. The van der Waals surface area contributed by atoms with Gasteiger partial charge in [0.05, 0.1) is 6.10 Å². The molecule has 1 N–H and O–H groups in total. The van der Waals surface area contributed by atoms with Crippen molar-refractivity contribution in [2.45, 2.75) is 40.2 Å². The van der Waals surface area contributed by atoms with Crippen LogP contribution < -0.4 is 10.1 Å². The Morgan fingerprint density at radius 1 is 1.14 bits per heavy atom. The molecule has 2 aromatic rings. The van der Waals surface area contributed by atoms with E-state index in [1.54, 1.807) is 0 Å². The van der Waals surface area contributed by atoms with Gasteiger partial charge < -0.3 is 10.1 Å². The number of hydrogen-bond acceptors (Lipinski definition) is 4. The Morgan fingerprint density at radius 3 is 2.48 bits per heavy atom. The van der Waals surface area contributed by atoms with Crippen LogP contribution in [0.1, 0.15) is 32.9 Å². The van der Waals surface area contributed by atoms with E-state index >= 15 is 0 Å². The molecule has 0 bridgehead atoms. The van der Waals surface area contributed by atoms with E-state index in [0.717, 1.165) is 41.6 Å². The molecular formula is C17H23N3O. The largest absolute Gasteiger partial charge is 0.491 e. The number of rotatable bonds is 6. The standard InChI is InChI=1S/C17H23N3O/c1-5-10-18-16-11-13(4)19-17(20-16)14-6-8-15(9-7-14)21-12(2)3/h6-9,11-12H,5,10H2,1-4H3,(H,18,19,20). The summed E-state index contributed by atoms with van der Waals surface area (Å²) in [5, 5.41) is 3.31. The van der Waals surface area contributed by atoms with Gasteiger partial charge in [0.1, 0.15) is 11.6 Å². The van der Waals surface area contributed by atoms with E-state index in [9.17, 15) is 0 Å². The van der Waals surface area contributed by atoms with E-state index in [1.807, 2.05) is 51.1 Å². The SMILES string of the molecule is CCCNc1cc(C)nc(-c2ccc(OC(C)C)cc2)n1. The molecule has 1 aromatic heterocycles. The molecule has 0 aliphatic carbocycles. The topological polar surface area (TPSA) is 47.0 Å². The second-order valence-corrected chi connectivity index (χ2v) is 5.34. The second kappa shape index (κ2) is 7.07. The molecule has 0 spiro atoms. The van der Waals surface area contributed by atoms with E-state index in [-0.39, 0.29) is 6.10 Å². The summed E-state index contributed by atoms with van der Waals surface area (Å²) < 4.78 is 5.65. The Balaban J connectivity index is 2.22. The molecule has 0 fully saturated rings. The summed E-state index contributed by atoms with van der Waals surface area (Å²) >= 11 is 0. The quantitative estimate of drug-likeness (QED) is 0.869. The van der Waals surface area contributed by atoms with E-state index in [0.29, 0.717) is 0 Å². The van der Waals surface area contributed by atoms with Gasteiger partial charge in [-0.25, -0.2) is 9.97 Å². The van der Waals surface area contributed by atoms with Gasteiger partial charge in [0.2, 0.25) is 0 Å². The molecule has 0 amide bonds. The summed E-state index contributed by atoms with van der Waals surface area (Å²) in [4.78, 5) is 9.08. The smallest absolute Gasteiger partial charge is 0.161 e. The first-order valence-corrected chi connectivity index (χ1v) is 7.45. The van der Waals surface area contributed by atoms with E-state index in [1.165, 1.54) is 0 Å². The van der Waals surface area contributed by atoms with Crippen LogP contribution in [0, 0.1) is 6.92 Å². The summed E-state index contributed by atoms with van der Waals surface area (Å²) in [5.41, 5.74) is 1.95. The molecule has 0 radical (unpaired) electrons. The van der Waals surface area contributed by atoms with Crippen molar-refractivity contribution in [1.29, 1.82) is 0 Å². The molecule has 0 aliphatic rings. The van der Waals surface area contributed by atoms with Gasteiger partial charge in [0.25, 0.3) is 0 Å². The summed E-state index contributed by atoms with van der Waals surface area (Å²) in [6.45, 7) is 9.07. The van der Waals surface area contributed by atoms with Crippen LogP contribution in [0.5, 0.6) is 5.75 Å². The van der Waals surface area contributed by atoms with Crippen molar-refractivity contribution in [3.05, 3.63) is 36.0 Å². The maximum Gasteiger partial charge on any atom is 0.161 e. The van der Waals surface area contributed by atoms with E-state index < -0.39 is 0 Å². The Morgan fingerprint density at radius 2 is 1.86 bits per heavy atom. The Bertz CT molecular complexity index is 579. The lowest BCUT2D eigenvalue weighted by Gasteiger charge is -2.11. The van der Waals surface area contributed by atoms with Crippen molar-refractivity contribution < 1.29 is 4.74 Å². The highest BCUT2D eigenvalue weighted by atomic mass is 16.5. The Kier molecular flexibility index (Phi) is 5.14. The summed E-state index contributed by atoms with van der Waals surface area (Å²) in [6.07, 6.45) is 1.25. The number of aromatic nitrogens is 2. The van der Waals surface area contributed by atoms with Crippen molar-refractivity contribution in [2.75, 3.05) is 11.9 Å². The van der Waals surface area contributed by atoms with Crippen LogP contribution >= 0.6 is 0 Å². The molecule has 2 rings (SSSR count). The lowest BCUT2D eigenvalue weighted by Crippen LogP contribution is -2.05. The predicted octanol–water partition coefficient (Wildman–Crippen LogP) is 4.06. The first kappa shape index (κ1) is 15.3. The molecule has 1 aromatic carbocycles. The summed E-state index contributed by atoms with van der Waals surface area (Å²) in [5.74, 6) is 2.48. The molecule has 0 aliphatic heterocycles. The Hall–Kier alpha value is -2.10. The van der Waals surface area contributed by atoms with Gasteiger partial charge in [-0.05, 0) is 51.5 Å². The lowest BCUT2D eigenvalue weighted by molar-refractivity contribution is 0.242. The fourth-order valence-electron chi connectivity index (χ4n) is 2.00. The second-order valence-electron chi connectivity index (χ2n) is 5.34. The van der Waals surface area contributed by atoms with Crippen LogP contribution in [0.2, 0.25) is 0 Å². The summed E-state index contributed by atoms with van der Waals surface area (Å²) in [7, 11) is 0. The van der Waals surface area contributed by atoms with Crippen molar-refractivity contribution in [1.82, 2.24) is 9.97 Å². The fraction of sp³-hybridized carbons (Fsp3) is 0.412. The predicted molar refractivity (Wildman–Crippen MR) is 86.7 cm³/mol. The van der Waals surface area contributed by atoms with Crippen LogP contribution in [-0.4, -0.2) is 22.6 Å². The molecule has 0 saturated heterocycles. The molecular weight excluding hydrogens is 262 g/mol. The monoisotopic (exact) mass is 285 g/mol. The Labute approximate surface area is 126 Å². The van der Waals surface area contributed by atoms with Crippen LogP contribution in [0.3, 0.4) is 0 Å². The molecule has 4 nitrogen and oxygen atoms in total. The molecule has 21 heavy (non-hydrogen) atoms. The van der Waals surface area contributed by atoms with Crippen LogP contribution in [0.15, 0.2) is 30.3 Å². The molecule has 112 valence electrons. The molecule has 4 heteroatoms. The number of nitrogens with one attached hydrogen (secondary N) is 1. The number of aryl methyl sites for hydroxylation is 1. The average molecular weight is 285 g/mol. The number of ether oxygens (including phenoxy) is 1. The van der Waals surface area contributed by atoms with Gasteiger partial charge in [-0.3, -0.25) is 0 Å². The minimum atomic E-state index is 0.177. The number of nitrogens with zero attached hydrogens (tertiary/aromatic N) is 2. The lowest BCUT2D eigenvalue weighted by atomic mass is 10.2. The van der Waals surface area contributed by atoms with Gasteiger partial charge >= 0.3 is 0 Å². The first-order chi connectivity index (χ1) is 10.1. The van der Waals surface area contributed by atoms with Gasteiger partial charge in [-0.1, -0.05) is 6.92 Å².